The minimum atomic E-state index is 0.135. The van der Waals surface area contributed by atoms with Crippen LogP contribution in [0.25, 0.3) is 0 Å². The number of hydrogen-bond acceptors (Lipinski definition) is 3. The SMILES string of the molecule is C[C@H](N)c1ccc(CN2CCN3CCC[C@H]3C2)cc1. The molecule has 3 heteroatoms. The molecule has 19 heavy (non-hydrogen) atoms. The van der Waals surface area contributed by atoms with Crippen molar-refractivity contribution in [1.29, 1.82) is 0 Å². The van der Waals surface area contributed by atoms with Crippen LogP contribution in [0.3, 0.4) is 0 Å². The van der Waals surface area contributed by atoms with Crippen molar-refractivity contribution in [2.24, 2.45) is 5.73 Å². The summed E-state index contributed by atoms with van der Waals surface area (Å²) < 4.78 is 0. The molecule has 0 saturated carbocycles. The highest BCUT2D eigenvalue weighted by atomic mass is 15.3. The molecule has 2 fully saturated rings. The lowest BCUT2D eigenvalue weighted by molar-refractivity contribution is 0.0994. The van der Waals surface area contributed by atoms with Crippen LogP contribution >= 0.6 is 0 Å². The molecular weight excluding hydrogens is 234 g/mol. The van der Waals surface area contributed by atoms with Crippen molar-refractivity contribution in [3.63, 3.8) is 0 Å². The van der Waals surface area contributed by atoms with Gasteiger partial charge in [0, 0.05) is 38.3 Å². The number of piperazine rings is 1. The van der Waals surface area contributed by atoms with Gasteiger partial charge in [0.25, 0.3) is 0 Å². The van der Waals surface area contributed by atoms with Gasteiger partial charge in [0.05, 0.1) is 0 Å². The Morgan fingerprint density at radius 3 is 2.74 bits per heavy atom. The highest BCUT2D eigenvalue weighted by molar-refractivity contribution is 5.24. The summed E-state index contributed by atoms with van der Waals surface area (Å²) in [5.41, 5.74) is 8.53. The van der Waals surface area contributed by atoms with Gasteiger partial charge in [-0.25, -0.2) is 0 Å². The van der Waals surface area contributed by atoms with Gasteiger partial charge in [-0.05, 0) is 37.4 Å². The largest absolute Gasteiger partial charge is 0.324 e. The molecule has 0 aliphatic carbocycles. The molecule has 0 radical (unpaired) electrons. The van der Waals surface area contributed by atoms with Gasteiger partial charge >= 0.3 is 0 Å². The van der Waals surface area contributed by atoms with Crippen molar-refractivity contribution in [2.75, 3.05) is 26.2 Å². The molecule has 3 nitrogen and oxygen atoms in total. The van der Waals surface area contributed by atoms with Gasteiger partial charge in [-0.3, -0.25) is 9.80 Å². The molecule has 0 aromatic heterocycles. The summed E-state index contributed by atoms with van der Waals surface area (Å²) in [5, 5.41) is 0. The van der Waals surface area contributed by atoms with Crippen LogP contribution in [0.5, 0.6) is 0 Å². The van der Waals surface area contributed by atoms with E-state index < -0.39 is 0 Å². The average molecular weight is 259 g/mol. The summed E-state index contributed by atoms with van der Waals surface area (Å²) in [6.45, 7) is 8.16. The number of nitrogens with two attached hydrogens (primary N) is 1. The first-order chi connectivity index (χ1) is 9.22. The van der Waals surface area contributed by atoms with Crippen LogP contribution in [0.2, 0.25) is 0 Å². The Bertz CT molecular complexity index is 413. The average Bonchev–Trinajstić information content (AvgIpc) is 2.87. The fourth-order valence-electron chi connectivity index (χ4n) is 3.38. The third-order valence-corrected chi connectivity index (χ3v) is 4.58. The lowest BCUT2D eigenvalue weighted by Crippen LogP contribution is -2.49. The second-order valence-corrected chi connectivity index (χ2v) is 6.10. The van der Waals surface area contributed by atoms with Gasteiger partial charge in [-0.1, -0.05) is 24.3 Å². The summed E-state index contributed by atoms with van der Waals surface area (Å²) in [5.74, 6) is 0. The Morgan fingerprint density at radius 2 is 2.00 bits per heavy atom. The first-order valence-electron chi connectivity index (χ1n) is 7.53. The molecule has 104 valence electrons. The molecule has 2 saturated heterocycles. The molecule has 0 spiro atoms. The molecule has 1 aromatic carbocycles. The second kappa shape index (κ2) is 5.61. The monoisotopic (exact) mass is 259 g/mol. The van der Waals surface area contributed by atoms with Crippen LogP contribution in [-0.4, -0.2) is 42.0 Å². The van der Waals surface area contributed by atoms with E-state index in [1.54, 1.807) is 0 Å². The third-order valence-electron chi connectivity index (χ3n) is 4.58. The summed E-state index contributed by atoms with van der Waals surface area (Å²) in [4.78, 5) is 5.27. The molecule has 2 aliphatic heterocycles. The van der Waals surface area contributed by atoms with E-state index in [4.69, 9.17) is 5.73 Å². The molecule has 2 N–H and O–H groups in total. The molecule has 1 aromatic rings. The molecule has 2 atom stereocenters. The summed E-state index contributed by atoms with van der Waals surface area (Å²) in [6, 6.07) is 9.77. The summed E-state index contributed by atoms with van der Waals surface area (Å²) >= 11 is 0. The van der Waals surface area contributed by atoms with Gasteiger partial charge in [0.1, 0.15) is 0 Å². The highest BCUT2D eigenvalue weighted by Crippen LogP contribution is 2.22. The van der Waals surface area contributed by atoms with Crippen molar-refractivity contribution in [1.82, 2.24) is 9.80 Å². The third kappa shape index (κ3) is 2.99. The van der Waals surface area contributed by atoms with Crippen LogP contribution in [0.15, 0.2) is 24.3 Å². The second-order valence-electron chi connectivity index (χ2n) is 6.10. The normalized spacial score (nSPS) is 26.3. The summed E-state index contributed by atoms with van der Waals surface area (Å²) in [7, 11) is 0. The molecule has 3 rings (SSSR count). The van der Waals surface area contributed by atoms with Crippen molar-refractivity contribution in [3.8, 4) is 0 Å². The van der Waals surface area contributed by atoms with Crippen LogP contribution in [0.1, 0.15) is 36.9 Å². The van der Waals surface area contributed by atoms with E-state index in [1.807, 2.05) is 6.92 Å². The molecule has 0 bridgehead atoms. The van der Waals surface area contributed by atoms with Crippen molar-refractivity contribution >= 4 is 0 Å². The van der Waals surface area contributed by atoms with E-state index >= 15 is 0 Å². The predicted molar refractivity (Wildman–Crippen MR) is 78.9 cm³/mol. The van der Waals surface area contributed by atoms with Crippen molar-refractivity contribution in [3.05, 3.63) is 35.4 Å². The zero-order valence-corrected chi connectivity index (χ0v) is 11.9. The smallest absolute Gasteiger partial charge is 0.0266 e. The molecule has 2 aliphatic rings. The first kappa shape index (κ1) is 13.1. The minimum absolute atomic E-state index is 0.135. The van der Waals surface area contributed by atoms with E-state index in [1.165, 1.54) is 50.1 Å². The van der Waals surface area contributed by atoms with E-state index in [-0.39, 0.29) is 6.04 Å². The van der Waals surface area contributed by atoms with E-state index in [9.17, 15) is 0 Å². The van der Waals surface area contributed by atoms with Gasteiger partial charge in [0.2, 0.25) is 0 Å². The zero-order chi connectivity index (χ0) is 13.2. The van der Waals surface area contributed by atoms with Gasteiger partial charge in [-0.2, -0.15) is 0 Å². The fourth-order valence-corrected chi connectivity index (χ4v) is 3.38. The highest BCUT2D eigenvalue weighted by Gasteiger charge is 2.30. The maximum atomic E-state index is 5.89. The van der Waals surface area contributed by atoms with Gasteiger partial charge in [0.15, 0.2) is 0 Å². The van der Waals surface area contributed by atoms with E-state index in [2.05, 4.69) is 34.1 Å². The maximum absolute atomic E-state index is 5.89. The van der Waals surface area contributed by atoms with E-state index in [0.29, 0.717) is 0 Å². The topological polar surface area (TPSA) is 32.5 Å². The van der Waals surface area contributed by atoms with Crippen LogP contribution in [0, 0.1) is 0 Å². The molecule has 2 heterocycles. The molecule has 0 unspecified atom stereocenters. The summed E-state index contributed by atoms with van der Waals surface area (Å²) in [6.07, 6.45) is 2.78. The van der Waals surface area contributed by atoms with Crippen LogP contribution in [-0.2, 0) is 6.54 Å². The molecule has 0 amide bonds. The Kier molecular flexibility index (Phi) is 3.87. The standard InChI is InChI=1S/C16H25N3/c1-13(17)15-6-4-14(5-7-15)11-18-9-10-19-8-2-3-16(19)12-18/h4-7,13,16H,2-3,8-12,17H2,1H3/t13-,16-/m0/s1. The van der Waals surface area contributed by atoms with Gasteiger partial charge in [-0.15, -0.1) is 0 Å². The molecular formula is C16H25N3. The van der Waals surface area contributed by atoms with Gasteiger partial charge < -0.3 is 5.73 Å². The maximum Gasteiger partial charge on any atom is 0.0266 e. The Hall–Kier alpha value is -0.900. The van der Waals surface area contributed by atoms with Crippen molar-refractivity contribution < 1.29 is 0 Å². The number of rotatable bonds is 3. The lowest BCUT2D eigenvalue weighted by Gasteiger charge is -2.37. The number of fused-ring (bicyclic) bond motifs is 1. The number of hydrogen-bond donors (Lipinski definition) is 1. The number of nitrogens with zero attached hydrogens (tertiary/aromatic N) is 2. The Morgan fingerprint density at radius 1 is 1.21 bits per heavy atom. The van der Waals surface area contributed by atoms with Crippen molar-refractivity contribution in [2.45, 2.75) is 38.4 Å². The quantitative estimate of drug-likeness (QED) is 0.901. The lowest BCUT2D eigenvalue weighted by atomic mass is 10.1. The zero-order valence-electron chi connectivity index (χ0n) is 11.9. The number of benzene rings is 1. The Labute approximate surface area is 116 Å². The fraction of sp³-hybridized carbons (Fsp3) is 0.625. The van der Waals surface area contributed by atoms with Crippen LogP contribution in [0.4, 0.5) is 0 Å². The first-order valence-corrected chi connectivity index (χ1v) is 7.53. The van der Waals surface area contributed by atoms with Crippen LogP contribution < -0.4 is 5.73 Å². The predicted octanol–water partition coefficient (Wildman–Crippen LogP) is 1.99. The van der Waals surface area contributed by atoms with E-state index in [0.717, 1.165) is 12.6 Å². The minimum Gasteiger partial charge on any atom is -0.324 e. The Balaban J connectivity index is 1.59.